The Labute approximate surface area is 128 Å². The van der Waals surface area contributed by atoms with E-state index < -0.39 is 0 Å². The highest BCUT2D eigenvalue weighted by atomic mass is 15.2. The molecule has 1 aliphatic rings. The van der Waals surface area contributed by atoms with Crippen molar-refractivity contribution < 1.29 is 0 Å². The van der Waals surface area contributed by atoms with Crippen LogP contribution in [0.4, 0.5) is 0 Å². The van der Waals surface area contributed by atoms with Crippen molar-refractivity contribution in [1.29, 1.82) is 0 Å². The molecule has 0 saturated carbocycles. The minimum atomic E-state index is 0.510. The molecule has 0 N–H and O–H groups in total. The van der Waals surface area contributed by atoms with Crippen molar-refractivity contribution in [2.24, 2.45) is 0 Å². The fourth-order valence-corrected chi connectivity index (χ4v) is 3.23. The van der Waals surface area contributed by atoms with Crippen molar-refractivity contribution in [1.82, 2.24) is 14.4 Å². The third-order valence-corrected chi connectivity index (χ3v) is 4.62. The number of aryl methyl sites for hydroxylation is 1. The van der Waals surface area contributed by atoms with Gasteiger partial charge < -0.3 is 9.47 Å². The molecule has 1 aromatic heterocycles. The van der Waals surface area contributed by atoms with Gasteiger partial charge in [-0.1, -0.05) is 12.1 Å². The highest BCUT2D eigenvalue weighted by Crippen LogP contribution is 2.27. The standard InChI is InChI=1S/C18H27N3/c1-14(2)21-13-16(12-20-9-7-19(4)8-10-20)17-6-5-15(3)11-18(17)21/h5-6,11,13-14H,7-10,12H2,1-4H3. The van der Waals surface area contributed by atoms with E-state index in [0.717, 1.165) is 6.54 Å². The van der Waals surface area contributed by atoms with E-state index in [2.05, 4.69) is 66.6 Å². The molecule has 3 nitrogen and oxygen atoms in total. The lowest BCUT2D eigenvalue weighted by Crippen LogP contribution is -2.43. The Morgan fingerprint density at radius 3 is 2.48 bits per heavy atom. The first kappa shape index (κ1) is 14.6. The summed E-state index contributed by atoms with van der Waals surface area (Å²) in [4.78, 5) is 5.00. The number of hydrogen-bond acceptors (Lipinski definition) is 2. The van der Waals surface area contributed by atoms with Gasteiger partial charge in [0.05, 0.1) is 0 Å². The number of fused-ring (bicyclic) bond motifs is 1. The summed E-state index contributed by atoms with van der Waals surface area (Å²) in [6, 6.07) is 7.37. The number of aromatic nitrogens is 1. The van der Waals surface area contributed by atoms with Crippen LogP contribution in [-0.2, 0) is 6.54 Å². The van der Waals surface area contributed by atoms with E-state index in [1.54, 1.807) is 0 Å². The SMILES string of the molecule is Cc1ccc2c(CN3CCN(C)CC3)cn(C(C)C)c2c1. The Morgan fingerprint density at radius 1 is 1.10 bits per heavy atom. The largest absolute Gasteiger partial charge is 0.345 e. The van der Waals surface area contributed by atoms with Crippen LogP contribution in [0, 0.1) is 6.92 Å². The summed E-state index contributed by atoms with van der Waals surface area (Å²) in [5.41, 5.74) is 4.20. The number of rotatable bonds is 3. The number of likely N-dealkylation sites (N-methyl/N-ethyl adjacent to an activating group) is 1. The molecule has 1 aliphatic heterocycles. The average Bonchev–Trinajstić information content (AvgIpc) is 2.79. The van der Waals surface area contributed by atoms with Gasteiger partial charge in [0.25, 0.3) is 0 Å². The lowest BCUT2D eigenvalue weighted by atomic mass is 10.1. The van der Waals surface area contributed by atoms with Gasteiger partial charge in [-0.05, 0) is 45.0 Å². The molecule has 3 rings (SSSR count). The third-order valence-electron chi connectivity index (χ3n) is 4.62. The number of benzene rings is 1. The summed E-state index contributed by atoms with van der Waals surface area (Å²) in [6.07, 6.45) is 2.37. The van der Waals surface area contributed by atoms with Gasteiger partial charge in [0, 0.05) is 55.9 Å². The van der Waals surface area contributed by atoms with E-state index in [4.69, 9.17) is 0 Å². The van der Waals surface area contributed by atoms with Crippen LogP contribution in [0.25, 0.3) is 10.9 Å². The number of piperazine rings is 1. The molecular formula is C18H27N3. The molecule has 1 saturated heterocycles. The fraction of sp³-hybridized carbons (Fsp3) is 0.556. The molecule has 0 bridgehead atoms. The van der Waals surface area contributed by atoms with Gasteiger partial charge in [-0.2, -0.15) is 0 Å². The second-order valence-electron chi connectivity index (χ2n) is 6.76. The Kier molecular flexibility index (Phi) is 4.05. The van der Waals surface area contributed by atoms with Crippen LogP contribution in [0.3, 0.4) is 0 Å². The van der Waals surface area contributed by atoms with E-state index in [-0.39, 0.29) is 0 Å². The monoisotopic (exact) mass is 285 g/mol. The molecule has 0 atom stereocenters. The Balaban J connectivity index is 1.91. The van der Waals surface area contributed by atoms with Gasteiger partial charge in [-0.3, -0.25) is 4.90 Å². The average molecular weight is 285 g/mol. The molecular weight excluding hydrogens is 258 g/mol. The van der Waals surface area contributed by atoms with E-state index in [9.17, 15) is 0 Å². The van der Waals surface area contributed by atoms with E-state index >= 15 is 0 Å². The Morgan fingerprint density at radius 2 is 1.81 bits per heavy atom. The minimum Gasteiger partial charge on any atom is -0.345 e. The van der Waals surface area contributed by atoms with Crippen LogP contribution in [0.5, 0.6) is 0 Å². The molecule has 2 aromatic rings. The summed E-state index contributed by atoms with van der Waals surface area (Å²) in [6.45, 7) is 12.5. The molecule has 0 amide bonds. The van der Waals surface area contributed by atoms with Gasteiger partial charge in [0.15, 0.2) is 0 Å². The maximum Gasteiger partial charge on any atom is 0.0488 e. The van der Waals surface area contributed by atoms with Crippen molar-refractivity contribution in [3.8, 4) is 0 Å². The summed E-state index contributed by atoms with van der Waals surface area (Å²) < 4.78 is 2.42. The Bertz CT molecular complexity index is 619. The summed E-state index contributed by atoms with van der Waals surface area (Å²) in [7, 11) is 2.21. The predicted molar refractivity (Wildman–Crippen MR) is 89.8 cm³/mol. The third kappa shape index (κ3) is 2.99. The summed E-state index contributed by atoms with van der Waals surface area (Å²) in [5.74, 6) is 0. The first-order valence-electron chi connectivity index (χ1n) is 8.05. The highest BCUT2D eigenvalue weighted by molar-refractivity contribution is 5.84. The minimum absolute atomic E-state index is 0.510. The van der Waals surface area contributed by atoms with Crippen LogP contribution >= 0.6 is 0 Å². The molecule has 0 spiro atoms. The molecule has 21 heavy (non-hydrogen) atoms. The number of hydrogen-bond donors (Lipinski definition) is 0. The fourth-order valence-electron chi connectivity index (χ4n) is 3.23. The van der Waals surface area contributed by atoms with Crippen molar-refractivity contribution in [3.63, 3.8) is 0 Å². The second-order valence-corrected chi connectivity index (χ2v) is 6.76. The quantitative estimate of drug-likeness (QED) is 0.857. The lowest BCUT2D eigenvalue weighted by Gasteiger charge is -2.32. The van der Waals surface area contributed by atoms with Crippen molar-refractivity contribution >= 4 is 10.9 Å². The molecule has 0 unspecified atom stereocenters. The molecule has 0 aliphatic carbocycles. The smallest absolute Gasteiger partial charge is 0.0488 e. The lowest BCUT2D eigenvalue weighted by molar-refractivity contribution is 0.148. The first-order chi connectivity index (χ1) is 10.0. The highest BCUT2D eigenvalue weighted by Gasteiger charge is 2.17. The zero-order chi connectivity index (χ0) is 15.0. The van der Waals surface area contributed by atoms with Crippen LogP contribution in [0.15, 0.2) is 24.4 Å². The summed E-state index contributed by atoms with van der Waals surface area (Å²) in [5, 5.41) is 1.42. The van der Waals surface area contributed by atoms with Crippen molar-refractivity contribution in [3.05, 3.63) is 35.5 Å². The van der Waals surface area contributed by atoms with Crippen LogP contribution in [0.2, 0.25) is 0 Å². The predicted octanol–water partition coefficient (Wildman–Crippen LogP) is 3.28. The van der Waals surface area contributed by atoms with Gasteiger partial charge in [-0.15, -0.1) is 0 Å². The zero-order valence-electron chi connectivity index (χ0n) is 13.8. The molecule has 1 aromatic carbocycles. The van der Waals surface area contributed by atoms with Gasteiger partial charge in [-0.25, -0.2) is 0 Å². The van der Waals surface area contributed by atoms with E-state index in [1.165, 1.54) is 48.2 Å². The van der Waals surface area contributed by atoms with Crippen LogP contribution < -0.4 is 0 Å². The molecule has 1 fully saturated rings. The Hall–Kier alpha value is -1.32. The van der Waals surface area contributed by atoms with Crippen LogP contribution in [-0.4, -0.2) is 47.6 Å². The molecule has 3 heteroatoms. The second kappa shape index (κ2) is 5.82. The van der Waals surface area contributed by atoms with Crippen molar-refractivity contribution in [2.45, 2.75) is 33.4 Å². The van der Waals surface area contributed by atoms with Crippen LogP contribution in [0.1, 0.15) is 31.0 Å². The van der Waals surface area contributed by atoms with E-state index in [0.29, 0.717) is 6.04 Å². The maximum absolute atomic E-state index is 2.58. The van der Waals surface area contributed by atoms with Gasteiger partial charge in [0.2, 0.25) is 0 Å². The molecule has 114 valence electrons. The number of nitrogens with zero attached hydrogens (tertiary/aromatic N) is 3. The van der Waals surface area contributed by atoms with Crippen molar-refractivity contribution in [2.75, 3.05) is 33.2 Å². The normalized spacial score (nSPS) is 18.0. The maximum atomic E-state index is 2.58. The molecule has 0 radical (unpaired) electrons. The van der Waals surface area contributed by atoms with Gasteiger partial charge >= 0.3 is 0 Å². The van der Waals surface area contributed by atoms with Gasteiger partial charge in [0.1, 0.15) is 0 Å². The zero-order valence-corrected chi connectivity index (χ0v) is 13.8. The molecule has 2 heterocycles. The van der Waals surface area contributed by atoms with E-state index in [1.807, 2.05) is 0 Å². The summed E-state index contributed by atoms with van der Waals surface area (Å²) >= 11 is 0. The first-order valence-corrected chi connectivity index (χ1v) is 8.05. The topological polar surface area (TPSA) is 11.4 Å².